The van der Waals surface area contributed by atoms with Crippen molar-refractivity contribution >= 4 is 17.0 Å². The van der Waals surface area contributed by atoms with E-state index in [2.05, 4.69) is 0 Å². The third kappa shape index (κ3) is 2.88. The van der Waals surface area contributed by atoms with E-state index < -0.39 is 4.92 Å². The van der Waals surface area contributed by atoms with Crippen LogP contribution in [0.5, 0.6) is 0 Å². The van der Waals surface area contributed by atoms with Crippen LogP contribution in [-0.2, 0) is 6.54 Å². The quantitative estimate of drug-likeness (QED) is 0.667. The Labute approximate surface area is 113 Å². The molecule has 0 bridgehead atoms. The van der Waals surface area contributed by atoms with E-state index in [0.29, 0.717) is 13.1 Å². The molecule has 19 heavy (non-hydrogen) atoms. The van der Waals surface area contributed by atoms with Gasteiger partial charge in [0.2, 0.25) is 0 Å². The summed E-state index contributed by atoms with van der Waals surface area (Å²) in [6, 6.07) is 6.17. The first-order valence-electron chi connectivity index (χ1n) is 5.76. The fourth-order valence-electron chi connectivity index (χ4n) is 1.77. The Morgan fingerprint density at radius 2 is 2.00 bits per heavy atom. The molecule has 0 aliphatic rings. The Morgan fingerprint density at radius 3 is 2.58 bits per heavy atom. The zero-order valence-electron chi connectivity index (χ0n) is 10.1. The Bertz CT molecular complexity index is 630. The third-order valence-electron chi connectivity index (χ3n) is 2.74. The van der Waals surface area contributed by atoms with Gasteiger partial charge in [-0.3, -0.25) is 19.5 Å². The molecule has 0 amide bonds. The maximum absolute atomic E-state index is 11.7. The number of nitrogens with two attached hydrogens (primary N) is 1. The van der Waals surface area contributed by atoms with Crippen molar-refractivity contribution in [2.45, 2.75) is 13.0 Å². The highest BCUT2D eigenvalue weighted by Crippen LogP contribution is 2.23. The number of nitrogens with zero attached hydrogens (tertiary/aromatic N) is 2. The maximum atomic E-state index is 11.7. The molecule has 0 unspecified atom stereocenters. The summed E-state index contributed by atoms with van der Waals surface area (Å²) in [7, 11) is 0. The van der Waals surface area contributed by atoms with Crippen molar-refractivity contribution in [2.24, 2.45) is 5.73 Å². The van der Waals surface area contributed by atoms with Gasteiger partial charge in [0.15, 0.2) is 0 Å². The summed E-state index contributed by atoms with van der Waals surface area (Å²) < 4.78 is 1.65. The number of benzene rings is 1. The van der Waals surface area contributed by atoms with Gasteiger partial charge in [-0.1, -0.05) is 11.3 Å². The van der Waals surface area contributed by atoms with E-state index in [1.165, 1.54) is 12.1 Å². The molecule has 2 aromatic rings. The minimum Gasteiger partial charge on any atom is -0.330 e. The average Bonchev–Trinajstić information content (AvgIpc) is 2.78. The predicted molar refractivity (Wildman–Crippen MR) is 74.3 cm³/mol. The monoisotopic (exact) mass is 279 g/mol. The topological polar surface area (TPSA) is 91.2 Å². The molecule has 6 nitrogen and oxygen atoms in total. The normalized spacial score (nSPS) is 10.6. The van der Waals surface area contributed by atoms with Crippen molar-refractivity contribution in [3.05, 3.63) is 49.4 Å². The molecular weight excluding hydrogens is 266 g/mol. The van der Waals surface area contributed by atoms with E-state index in [1.54, 1.807) is 22.1 Å². The molecule has 2 N–H and O–H groups in total. The van der Waals surface area contributed by atoms with Crippen LogP contribution in [0.25, 0.3) is 11.3 Å². The van der Waals surface area contributed by atoms with Gasteiger partial charge in [0.25, 0.3) is 5.69 Å². The third-order valence-corrected chi connectivity index (χ3v) is 3.51. The Morgan fingerprint density at radius 1 is 1.32 bits per heavy atom. The number of aromatic nitrogens is 1. The van der Waals surface area contributed by atoms with Crippen molar-refractivity contribution in [3.63, 3.8) is 0 Å². The minimum absolute atomic E-state index is 0.0369. The molecule has 0 fully saturated rings. The summed E-state index contributed by atoms with van der Waals surface area (Å²) in [5.41, 5.74) is 7.06. The van der Waals surface area contributed by atoms with Gasteiger partial charge in [-0.25, -0.2) is 0 Å². The molecule has 0 aliphatic carbocycles. The SMILES string of the molecule is NCCCn1c(-c2ccc([N+](=O)[O-])cc2)csc1=O. The molecule has 0 saturated carbocycles. The molecule has 1 aromatic heterocycles. The number of rotatable bonds is 5. The van der Waals surface area contributed by atoms with Crippen molar-refractivity contribution in [3.8, 4) is 11.3 Å². The van der Waals surface area contributed by atoms with E-state index in [1.807, 2.05) is 0 Å². The van der Waals surface area contributed by atoms with Gasteiger partial charge in [-0.05, 0) is 30.7 Å². The lowest BCUT2D eigenvalue weighted by molar-refractivity contribution is -0.384. The van der Waals surface area contributed by atoms with Gasteiger partial charge in [0.05, 0.1) is 10.6 Å². The summed E-state index contributed by atoms with van der Waals surface area (Å²) in [5, 5.41) is 12.4. The van der Waals surface area contributed by atoms with E-state index >= 15 is 0 Å². The van der Waals surface area contributed by atoms with Crippen LogP contribution < -0.4 is 10.6 Å². The van der Waals surface area contributed by atoms with Crippen molar-refractivity contribution in [1.82, 2.24) is 4.57 Å². The zero-order valence-corrected chi connectivity index (χ0v) is 10.9. The molecular formula is C12H13N3O3S. The second-order valence-electron chi connectivity index (χ2n) is 3.98. The van der Waals surface area contributed by atoms with Crippen LogP contribution >= 0.6 is 11.3 Å². The number of nitro benzene ring substituents is 1. The minimum atomic E-state index is -0.446. The maximum Gasteiger partial charge on any atom is 0.307 e. The van der Waals surface area contributed by atoms with Crippen LogP contribution in [0, 0.1) is 10.1 Å². The largest absolute Gasteiger partial charge is 0.330 e. The van der Waals surface area contributed by atoms with Crippen LogP contribution in [0.15, 0.2) is 34.4 Å². The Kier molecular flexibility index (Phi) is 4.08. The summed E-state index contributed by atoms with van der Waals surface area (Å²) >= 11 is 1.12. The van der Waals surface area contributed by atoms with Gasteiger partial charge in [-0.15, -0.1) is 0 Å². The fourth-order valence-corrected chi connectivity index (χ4v) is 2.56. The summed E-state index contributed by atoms with van der Waals surface area (Å²) in [6.07, 6.45) is 0.719. The van der Waals surface area contributed by atoms with Crippen LogP contribution in [0.3, 0.4) is 0 Å². The molecule has 2 rings (SSSR count). The first kappa shape index (κ1) is 13.4. The molecule has 0 spiro atoms. The zero-order chi connectivity index (χ0) is 13.8. The van der Waals surface area contributed by atoms with Crippen LogP contribution in [0.4, 0.5) is 5.69 Å². The summed E-state index contributed by atoms with van der Waals surface area (Å²) in [4.78, 5) is 21.8. The van der Waals surface area contributed by atoms with Gasteiger partial charge < -0.3 is 5.73 Å². The van der Waals surface area contributed by atoms with Crippen LogP contribution in [0.2, 0.25) is 0 Å². The summed E-state index contributed by atoms with van der Waals surface area (Å²) in [6.45, 7) is 1.08. The molecule has 0 aliphatic heterocycles. The number of hydrogen-bond acceptors (Lipinski definition) is 5. The van der Waals surface area contributed by atoms with E-state index in [9.17, 15) is 14.9 Å². The second kappa shape index (κ2) is 5.77. The summed E-state index contributed by atoms with van der Waals surface area (Å²) in [5.74, 6) is 0. The van der Waals surface area contributed by atoms with E-state index in [4.69, 9.17) is 5.73 Å². The second-order valence-corrected chi connectivity index (χ2v) is 4.81. The first-order valence-corrected chi connectivity index (χ1v) is 6.64. The van der Waals surface area contributed by atoms with Gasteiger partial charge in [0.1, 0.15) is 0 Å². The molecule has 1 aromatic carbocycles. The van der Waals surface area contributed by atoms with Crippen molar-refractivity contribution in [1.29, 1.82) is 0 Å². The standard InChI is InChI=1S/C12H13N3O3S/c13-6-1-7-14-11(8-19-12(14)16)9-2-4-10(5-3-9)15(17)18/h2-5,8H,1,6-7,13H2. The first-order chi connectivity index (χ1) is 9.13. The molecule has 0 saturated heterocycles. The highest BCUT2D eigenvalue weighted by molar-refractivity contribution is 7.07. The molecule has 100 valence electrons. The van der Waals surface area contributed by atoms with E-state index in [0.717, 1.165) is 29.0 Å². The van der Waals surface area contributed by atoms with Gasteiger partial charge in [0, 0.05) is 24.1 Å². The number of non-ortho nitro benzene ring substituents is 1. The Hall–Kier alpha value is -1.99. The van der Waals surface area contributed by atoms with Crippen molar-refractivity contribution in [2.75, 3.05) is 6.54 Å². The average molecular weight is 279 g/mol. The lowest BCUT2D eigenvalue weighted by atomic mass is 10.1. The molecule has 0 radical (unpaired) electrons. The lowest BCUT2D eigenvalue weighted by Crippen LogP contribution is -2.16. The molecule has 1 heterocycles. The number of hydrogen-bond donors (Lipinski definition) is 1. The lowest BCUT2D eigenvalue weighted by Gasteiger charge is -2.06. The highest BCUT2D eigenvalue weighted by atomic mass is 32.1. The highest BCUT2D eigenvalue weighted by Gasteiger charge is 2.10. The van der Waals surface area contributed by atoms with Crippen molar-refractivity contribution < 1.29 is 4.92 Å². The Balaban J connectivity index is 2.36. The van der Waals surface area contributed by atoms with Crippen LogP contribution in [-0.4, -0.2) is 16.0 Å². The number of thiazole rings is 1. The van der Waals surface area contributed by atoms with Gasteiger partial charge >= 0.3 is 4.87 Å². The smallest absolute Gasteiger partial charge is 0.307 e. The van der Waals surface area contributed by atoms with E-state index in [-0.39, 0.29) is 10.6 Å². The fraction of sp³-hybridized carbons (Fsp3) is 0.250. The molecule has 0 atom stereocenters. The van der Waals surface area contributed by atoms with Gasteiger partial charge in [-0.2, -0.15) is 0 Å². The molecule has 7 heteroatoms. The van der Waals surface area contributed by atoms with Crippen LogP contribution in [0.1, 0.15) is 6.42 Å². The predicted octanol–water partition coefficient (Wildman–Crippen LogP) is 1.83. The number of nitro groups is 1.